The highest BCUT2D eigenvalue weighted by atomic mass is 19.4. The van der Waals surface area contributed by atoms with Gasteiger partial charge in [-0.25, -0.2) is 4.98 Å². The van der Waals surface area contributed by atoms with Gasteiger partial charge in [0.25, 0.3) is 0 Å². The van der Waals surface area contributed by atoms with Gasteiger partial charge in [-0.05, 0) is 49.1 Å². The molecular weight excluding hydrogens is 448 g/mol. The highest BCUT2D eigenvalue weighted by Gasteiger charge is 2.39. The number of nitrogens with zero attached hydrogens (tertiary/aromatic N) is 1. The van der Waals surface area contributed by atoms with Crippen LogP contribution in [0.25, 0.3) is 11.0 Å². The van der Waals surface area contributed by atoms with Crippen molar-refractivity contribution in [2.75, 3.05) is 6.54 Å². The quantitative estimate of drug-likeness (QED) is 0.378. The van der Waals surface area contributed by atoms with Gasteiger partial charge in [0.05, 0.1) is 16.6 Å². The van der Waals surface area contributed by atoms with Gasteiger partial charge >= 0.3 is 12.4 Å². The minimum atomic E-state index is -4.90. The summed E-state index contributed by atoms with van der Waals surface area (Å²) < 4.78 is 84.7. The predicted octanol–water partition coefficient (Wildman–Crippen LogP) is 7.06. The van der Waals surface area contributed by atoms with Crippen LogP contribution in [0.4, 0.5) is 26.3 Å². The first-order chi connectivity index (χ1) is 15.6. The van der Waals surface area contributed by atoms with E-state index in [1.807, 2.05) is 0 Å². The van der Waals surface area contributed by atoms with Crippen LogP contribution in [0.2, 0.25) is 0 Å². The lowest BCUT2D eigenvalue weighted by molar-refractivity contribution is -0.144. The number of aromatic amines is 1. The van der Waals surface area contributed by atoms with Crippen molar-refractivity contribution in [1.29, 1.82) is 0 Å². The van der Waals surface area contributed by atoms with Crippen molar-refractivity contribution < 1.29 is 31.1 Å². The summed E-state index contributed by atoms with van der Waals surface area (Å²) in [5.74, 6) is -0.785. The van der Waals surface area contributed by atoms with Crippen molar-refractivity contribution in [2.45, 2.75) is 51.0 Å². The molecule has 0 unspecified atom stereocenters. The first kappa shape index (κ1) is 23.4. The second-order valence-corrected chi connectivity index (χ2v) is 8.33. The van der Waals surface area contributed by atoms with Crippen LogP contribution in [0.5, 0.6) is 11.5 Å². The zero-order valence-corrected chi connectivity index (χ0v) is 17.6. The van der Waals surface area contributed by atoms with E-state index in [1.54, 1.807) is 29.2 Å². The van der Waals surface area contributed by atoms with E-state index in [0.29, 0.717) is 18.5 Å². The number of imidazole rings is 1. The first-order valence-electron chi connectivity index (χ1n) is 10.8. The number of alkyl halides is 6. The molecule has 0 atom stereocenters. The average Bonchev–Trinajstić information content (AvgIpc) is 3.19. The zero-order valence-electron chi connectivity index (χ0n) is 17.6. The summed E-state index contributed by atoms with van der Waals surface area (Å²) in [6.07, 6.45) is -3.45. The van der Waals surface area contributed by atoms with Gasteiger partial charge in [-0.3, -0.25) is 0 Å². The minimum Gasteiger partial charge on any atom is -0.457 e. The molecule has 3 aromatic rings. The number of ether oxygens (including phenoxy) is 1. The predicted molar refractivity (Wildman–Crippen MR) is 111 cm³/mol. The summed E-state index contributed by atoms with van der Waals surface area (Å²) in [7, 11) is 0. The molecule has 4 nitrogen and oxygen atoms in total. The summed E-state index contributed by atoms with van der Waals surface area (Å²) in [6.45, 7) is 1.61. The average molecular weight is 471 g/mol. The van der Waals surface area contributed by atoms with Crippen LogP contribution in [-0.2, 0) is 18.9 Å². The number of benzene rings is 2. The maximum absolute atomic E-state index is 13.5. The lowest BCUT2D eigenvalue weighted by atomic mass is 9.89. The number of H-pyrrole nitrogens is 1. The number of nitrogens with one attached hydrogen (secondary N) is 2. The number of hydrogen-bond donors (Lipinski definition) is 2. The Morgan fingerprint density at radius 1 is 0.909 bits per heavy atom. The van der Waals surface area contributed by atoms with Crippen LogP contribution in [0.15, 0.2) is 36.4 Å². The molecule has 0 radical (unpaired) electrons. The third-order valence-electron chi connectivity index (χ3n) is 5.79. The summed E-state index contributed by atoms with van der Waals surface area (Å²) in [5.41, 5.74) is -1.49. The van der Waals surface area contributed by atoms with E-state index >= 15 is 0 Å². The molecule has 0 spiro atoms. The molecule has 0 amide bonds. The molecule has 0 saturated heterocycles. The van der Waals surface area contributed by atoms with Crippen molar-refractivity contribution in [1.82, 2.24) is 15.3 Å². The molecule has 178 valence electrons. The Kier molecular flexibility index (Phi) is 6.56. The highest BCUT2D eigenvalue weighted by Crippen LogP contribution is 2.39. The first-order valence-corrected chi connectivity index (χ1v) is 10.8. The van der Waals surface area contributed by atoms with Gasteiger partial charge in [0, 0.05) is 12.6 Å². The van der Waals surface area contributed by atoms with E-state index in [0.717, 1.165) is 18.2 Å². The van der Waals surface area contributed by atoms with Gasteiger partial charge in [-0.1, -0.05) is 31.4 Å². The van der Waals surface area contributed by atoms with E-state index in [-0.39, 0.29) is 11.5 Å². The van der Waals surface area contributed by atoms with E-state index in [4.69, 9.17) is 4.74 Å². The normalized spacial score (nSPS) is 15.8. The molecule has 0 aliphatic heterocycles. The number of rotatable bonds is 6. The Balaban J connectivity index is 1.47. The SMILES string of the molecule is FC(F)(F)c1nc2cc(Oc3ccc(CNCC4CCCCC4)cc3)cc(C(F)(F)F)c2[nH]1. The molecule has 1 aliphatic carbocycles. The van der Waals surface area contributed by atoms with E-state index < -0.39 is 34.8 Å². The molecule has 10 heteroatoms. The van der Waals surface area contributed by atoms with Crippen molar-refractivity contribution in [3.63, 3.8) is 0 Å². The molecule has 1 saturated carbocycles. The molecule has 33 heavy (non-hydrogen) atoms. The van der Waals surface area contributed by atoms with Crippen LogP contribution in [-0.4, -0.2) is 16.5 Å². The molecule has 1 heterocycles. The molecule has 1 fully saturated rings. The summed E-state index contributed by atoms with van der Waals surface area (Å²) in [5, 5.41) is 3.43. The topological polar surface area (TPSA) is 49.9 Å². The van der Waals surface area contributed by atoms with Gasteiger partial charge in [-0.15, -0.1) is 0 Å². The van der Waals surface area contributed by atoms with Crippen LogP contribution >= 0.6 is 0 Å². The third kappa shape index (κ3) is 5.79. The Labute approximate surface area is 186 Å². The fourth-order valence-electron chi connectivity index (χ4n) is 4.13. The van der Waals surface area contributed by atoms with Gasteiger partial charge in [0.15, 0.2) is 0 Å². The second-order valence-electron chi connectivity index (χ2n) is 8.33. The maximum Gasteiger partial charge on any atom is 0.449 e. The van der Waals surface area contributed by atoms with Crippen molar-refractivity contribution >= 4 is 11.0 Å². The van der Waals surface area contributed by atoms with Gasteiger partial charge in [0.2, 0.25) is 5.82 Å². The standard InChI is InChI=1S/C23H23F6N3O/c24-22(25,26)18-10-17(11-19-20(18)32-21(31-19)23(27,28)29)33-16-8-6-15(7-9-16)13-30-12-14-4-2-1-3-5-14/h6-11,14,30H,1-5,12-13H2,(H,31,32). The Morgan fingerprint density at radius 2 is 1.61 bits per heavy atom. The fourth-order valence-corrected chi connectivity index (χ4v) is 4.13. The van der Waals surface area contributed by atoms with Crippen LogP contribution in [0.3, 0.4) is 0 Å². The smallest absolute Gasteiger partial charge is 0.449 e. The molecule has 2 aromatic carbocycles. The Hall–Kier alpha value is -2.75. The minimum absolute atomic E-state index is 0.252. The second kappa shape index (κ2) is 9.24. The van der Waals surface area contributed by atoms with Crippen molar-refractivity contribution in [3.8, 4) is 11.5 Å². The monoisotopic (exact) mass is 471 g/mol. The van der Waals surface area contributed by atoms with Crippen molar-refractivity contribution in [3.05, 3.63) is 53.3 Å². The largest absolute Gasteiger partial charge is 0.457 e. The van der Waals surface area contributed by atoms with Crippen LogP contribution < -0.4 is 10.1 Å². The zero-order chi connectivity index (χ0) is 23.6. The van der Waals surface area contributed by atoms with Gasteiger partial charge in [-0.2, -0.15) is 26.3 Å². The van der Waals surface area contributed by atoms with Gasteiger partial charge in [0.1, 0.15) is 11.5 Å². The fraction of sp³-hybridized carbons (Fsp3) is 0.435. The van der Waals surface area contributed by atoms with Crippen LogP contribution in [0.1, 0.15) is 49.1 Å². The molecule has 2 N–H and O–H groups in total. The highest BCUT2D eigenvalue weighted by molar-refractivity contribution is 5.81. The van der Waals surface area contributed by atoms with E-state index in [2.05, 4.69) is 10.3 Å². The number of aromatic nitrogens is 2. The number of fused-ring (bicyclic) bond motifs is 1. The summed E-state index contributed by atoms with van der Waals surface area (Å²) >= 11 is 0. The molecular formula is C23H23F6N3O. The number of halogens is 6. The van der Waals surface area contributed by atoms with Crippen molar-refractivity contribution in [2.24, 2.45) is 5.92 Å². The van der Waals surface area contributed by atoms with E-state index in [9.17, 15) is 26.3 Å². The Morgan fingerprint density at radius 3 is 2.24 bits per heavy atom. The molecule has 0 bridgehead atoms. The van der Waals surface area contributed by atoms with E-state index in [1.165, 1.54) is 32.1 Å². The Bertz CT molecular complexity index is 1080. The van der Waals surface area contributed by atoms with Crippen LogP contribution in [0, 0.1) is 5.92 Å². The molecule has 1 aromatic heterocycles. The lowest BCUT2D eigenvalue weighted by Gasteiger charge is -2.21. The summed E-state index contributed by atoms with van der Waals surface area (Å²) in [6, 6.07) is 8.53. The number of hydrogen-bond acceptors (Lipinski definition) is 3. The maximum atomic E-state index is 13.5. The van der Waals surface area contributed by atoms with Gasteiger partial charge < -0.3 is 15.0 Å². The summed E-state index contributed by atoms with van der Waals surface area (Å²) in [4.78, 5) is 5.01. The molecule has 1 aliphatic rings. The molecule has 4 rings (SSSR count). The lowest BCUT2D eigenvalue weighted by Crippen LogP contribution is -2.24. The third-order valence-corrected chi connectivity index (χ3v) is 5.79.